The highest BCUT2D eigenvalue weighted by Gasteiger charge is 2.31. The van der Waals surface area contributed by atoms with Gasteiger partial charge in [0.05, 0.1) is 22.5 Å². The molecular weight excluding hydrogens is 404 g/mol. The van der Waals surface area contributed by atoms with Gasteiger partial charge in [0, 0.05) is 24.9 Å². The maximum absolute atomic E-state index is 13.9. The first-order valence-electron chi connectivity index (χ1n) is 8.70. The quantitative estimate of drug-likeness (QED) is 0.428. The average molecular weight is 420 g/mol. The fraction of sp³-hybridized carbons (Fsp3) is 0.150. The number of H-pyrrole nitrogens is 1. The molecule has 1 aliphatic rings. The largest absolute Gasteiger partial charge is 0.505 e. The number of aliphatic hydroxyl groups is 1. The van der Waals surface area contributed by atoms with E-state index in [1.807, 2.05) is 0 Å². The van der Waals surface area contributed by atoms with Crippen molar-refractivity contribution in [3.63, 3.8) is 0 Å². The van der Waals surface area contributed by atoms with Crippen LogP contribution in [0.25, 0.3) is 22.8 Å². The zero-order valence-electron chi connectivity index (χ0n) is 15.4. The molecule has 2 aromatic heterocycles. The Morgan fingerprint density at radius 1 is 1.17 bits per heavy atom. The molecule has 3 N–H and O–H groups in total. The topological polar surface area (TPSA) is 90.9 Å². The van der Waals surface area contributed by atoms with Crippen LogP contribution in [0.15, 0.2) is 54.9 Å². The second-order valence-corrected chi connectivity index (χ2v) is 6.27. The van der Waals surface area contributed by atoms with Crippen molar-refractivity contribution in [3.8, 4) is 22.8 Å². The van der Waals surface area contributed by atoms with Crippen LogP contribution in [-0.2, 0) is 6.42 Å². The van der Waals surface area contributed by atoms with Crippen molar-refractivity contribution in [1.29, 1.82) is 0 Å². The van der Waals surface area contributed by atoms with Gasteiger partial charge in [0.1, 0.15) is 5.82 Å². The summed E-state index contributed by atoms with van der Waals surface area (Å²) in [5.74, 6) is -1.89. The number of carbonyl (C=O) groups is 1. The van der Waals surface area contributed by atoms with E-state index in [0.717, 1.165) is 17.8 Å². The number of aliphatic hydroxyl groups excluding tert-OH is 1. The standard InChI is InChI=1S/C17H13FN4O.C3H3F3O/c18-12-4-2-1-3-10(12)16-19-7-6-14(22-16)15-9-11-13(21-15)5-8-20-17(11)23;1-2(7)3(4,5)6/h1-4,6-7,9,21H,5,8H2,(H,20,23);7H,1H2. The number of nitrogens with zero attached hydrogens (tertiary/aromatic N) is 2. The minimum absolute atomic E-state index is 0.0860. The second-order valence-electron chi connectivity index (χ2n) is 6.27. The van der Waals surface area contributed by atoms with Gasteiger partial charge in [0.15, 0.2) is 11.6 Å². The third-order valence-electron chi connectivity index (χ3n) is 4.18. The summed E-state index contributed by atoms with van der Waals surface area (Å²) in [6.07, 6.45) is -2.30. The van der Waals surface area contributed by atoms with Crippen molar-refractivity contribution in [2.75, 3.05) is 6.54 Å². The van der Waals surface area contributed by atoms with Crippen LogP contribution in [0.4, 0.5) is 17.6 Å². The van der Waals surface area contributed by atoms with E-state index >= 15 is 0 Å². The SMILES string of the molecule is C=C(O)C(F)(F)F.O=C1NCCc2[nH]c(-c3ccnc(-c4ccccc4F)n3)cc21. The lowest BCUT2D eigenvalue weighted by atomic mass is 10.1. The lowest BCUT2D eigenvalue weighted by Crippen LogP contribution is -2.31. The van der Waals surface area contributed by atoms with E-state index in [1.165, 1.54) is 6.07 Å². The highest BCUT2D eigenvalue weighted by Crippen LogP contribution is 2.25. The summed E-state index contributed by atoms with van der Waals surface area (Å²) < 4.78 is 46.4. The Kier molecular flexibility index (Phi) is 5.86. The van der Waals surface area contributed by atoms with Crippen LogP contribution in [0.3, 0.4) is 0 Å². The van der Waals surface area contributed by atoms with Crippen molar-refractivity contribution < 1.29 is 27.5 Å². The number of benzene rings is 1. The van der Waals surface area contributed by atoms with Gasteiger partial charge in [-0.25, -0.2) is 14.4 Å². The summed E-state index contributed by atoms with van der Waals surface area (Å²) >= 11 is 0. The van der Waals surface area contributed by atoms with Gasteiger partial charge in [-0.2, -0.15) is 13.2 Å². The van der Waals surface area contributed by atoms with Crippen molar-refractivity contribution in [3.05, 3.63) is 72.0 Å². The number of fused-ring (bicyclic) bond motifs is 1. The lowest BCUT2D eigenvalue weighted by Gasteiger charge is -2.10. The molecule has 0 atom stereocenters. The molecule has 0 fully saturated rings. The Balaban J connectivity index is 0.000000318. The van der Waals surface area contributed by atoms with Gasteiger partial charge < -0.3 is 15.4 Å². The van der Waals surface area contributed by atoms with Crippen molar-refractivity contribution in [1.82, 2.24) is 20.3 Å². The number of allylic oxidation sites excluding steroid dienone is 1. The molecule has 0 saturated heterocycles. The summed E-state index contributed by atoms with van der Waals surface area (Å²) in [5, 5.41) is 10.4. The highest BCUT2D eigenvalue weighted by molar-refractivity contribution is 5.97. The molecule has 1 amide bonds. The molecule has 0 saturated carbocycles. The van der Waals surface area contributed by atoms with Crippen LogP contribution in [0, 0.1) is 5.82 Å². The van der Waals surface area contributed by atoms with Crippen LogP contribution >= 0.6 is 0 Å². The summed E-state index contributed by atoms with van der Waals surface area (Å²) in [7, 11) is 0. The molecular formula is C20H16F4N4O2. The fourth-order valence-corrected chi connectivity index (χ4v) is 2.71. The number of aromatic amines is 1. The second kappa shape index (κ2) is 8.36. The molecule has 0 bridgehead atoms. The van der Waals surface area contributed by atoms with Gasteiger partial charge in [0.25, 0.3) is 5.91 Å². The summed E-state index contributed by atoms with van der Waals surface area (Å²) in [6, 6.07) is 9.90. The maximum Gasteiger partial charge on any atom is 0.448 e. The normalized spacial score (nSPS) is 13.0. The number of alkyl halides is 3. The molecule has 0 spiro atoms. The van der Waals surface area contributed by atoms with E-state index < -0.39 is 11.9 Å². The molecule has 156 valence electrons. The first kappa shape index (κ1) is 21.0. The summed E-state index contributed by atoms with van der Waals surface area (Å²) in [4.78, 5) is 23.7. The molecule has 3 heterocycles. The summed E-state index contributed by atoms with van der Waals surface area (Å²) in [6.45, 7) is 2.88. The Labute approximate surface area is 168 Å². The van der Waals surface area contributed by atoms with Gasteiger partial charge >= 0.3 is 6.18 Å². The smallest absolute Gasteiger partial charge is 0.448 e. The number of hydrogen-bond donors (Lipinski definition) is 3. The summed E-state index contributed by atoms with van der Waals surface area (Å²) in [5.41, 5.74) is 3.24. The molecule has 1 aliphatic heterocycles. The molecule has 0 unspecified atom stereocenters. The monoisotopic (exact) mass is 420 g/mol. The van der Waals surface area contributed by atoms with Crippen molar-refractivity contribution >= 4 is 5.91 Å². The van der Waals surface area contributed by atoms with E-state index in [-0.39, 0.29) is 11.7 Å². The molecule has 6 nitrogen and oxygen atoms in total. The molecule has 0 aliphatic carbocycles. The van der Waals surface area contributed by atoms with E-state index in [1.54, 1.807) is 36.5 Å². The fourth-order valence-electron chi connectivity index (χ4n) is 2.71. The predicted octanol–water partition coefficient (Wildman–Crippen LogP) is 4.18. The van der Waals surface area contributed by atoms with Crippen molar-refractivity contribution in [2.24, 2.45) is 0 Å². The van der Waals surface area contributed by atoms with Gasteiger partial charge in [-0.15, -0.1) is 0 Å². The number of aromatic nitrogens is 3. The Morgan fingerprint density at radius 3 is 2.50 bits per heavy atom. The highest BCUT2D eigenvalue weighted by atomic mass is 19.4. The van der Waals surface area contributed by atoms with Crippen LogP contribution in [-0.4, -0.2) is 38.7 Å². The molecule has 10 heteroatoms. The zero-order chi connectivity index (χ0) is 21.9. The maximum atomic E-state index is 13.9. The average Bonchev–Trinajstić information content (AvgIpc) is 3.14. The third-order valence-corrected chi connectivity index (χ3v) is 4.18. The number of carbonyl (C=O) groups excluding carboxylic acids is 1. The van der Waals surface area contributed by atoms with E-state index in [9.17, 15) is 22.4 Å². The van der Waals surface area contributed by atoms with E-state index in [0.29, 0.717) is 29.2 Å². The molecule has 3 aromatic rings. The number of halogens is 4. The number of hydrogen-bond acceptors (Lipinski definition) is 4. The minimum atomic E-state index is -4.64. The minimum Gasteiger partial charge on any atom is -0.505 e. The first-order valence-corrected chi connectivity index (χ1v) is 8.70. The van der Waals surface area contributed by atoms with Crippen LogP contribution < -0.4 is 5.32 Å². The van der Waals surface area contributed by atoms with Gasteiger partial charge in [-0.05, 0) is 24.3 Å². The predicted molar refractivity (Wildman–Crippen MR) is 101 cm³/mol. The third kappa shape index (κ3) is 4.65. The molecule has 0 radical (unpaired) electrons. The number of rotatable bonds is 2. The molecule has 1 aromatic carbocycles. The van der Waals surface area contributed by atoms with E-state index in [4.69, 9.17) is 5.11 Å². The van der Waals surface area contributed by atoms with Crippen molar-refractivity contribution in [2.45, 2.75) is 12.6 Å². The Hall–Kier alpha value is -3.69. The number of nitrogens with one attached hydrogen (secondary N) is 2. The van der Waals surface area contributed by atoms with Gasteiger partial charge in [-0.3, -0.25) is 4.79 Å². The van der Waals surface area contributed by atoms with Crippen LogP contribution in [0.2, 0.25) is 0 Å². The first-order chi connectivity index (χ1) is 14.2. The molecule has 30 heavy (non-hydrogen) atoms. The van der Waals surface area contributed by atoms with Crippen LogP contribution in [0.5, 0.6) is 0 Å². The van der Waals surface area contributed by atoms with Gasteiger partial charge in [0.2, 0.25) is 0 Å². The number of amides is 1. The Bertz CT molecular complexity index is 1090. The van der Waals surface area contributed by atoms with Gasteiger partial charge in [-0.1, -0.05) is 18.7 Å². The lowest BCUT2D eigenvalue weighted by molar-refractivity contribution is -0.119. The Morgan fingerprint density at radius 2 is 1.87 bits per heavy atom. The van der Waals surface area contributed by atoms with E-state index in [2.05, 4.69) is 26.8 Å². The zero-order valence-corrected chi connectivity index (χ0v) is 15.4. The van der Waals surface area contributed by atoms with Crippen LogP contribution in [0.1, 0.15) is 16.1 Å². The molecule has 4 rings (SSSR count).